The van der Waals surface area contributed by atoms with E-state index in [2.05, 4.69) is 15.0 Å². The fourth-order valence-electron chi connectivity index (χ4n) is 2.69. The number of carbonyl (C=O) groups is 2. The molecule has 1 saturated heterocycles. The molecule has 1 aliphatic heterocycles. The third-order valence-electron chi connectivity index (χ3n) is 3.85. The molecule has 1 aromatic heterocycles. The number of carbonyl (C=O) groups excluding carboxylic acids is 2. The highest BCUT2D eigenvalue weighted by atomic mass is 35.5. The van der Waals surface area contributed by atoms with Crippen LogP contribution in [0.1, 0.15) is 23.2 Å². The first-order chi connectivity index (χ1) is 12.1. The molecule has 7 nitrogen and oxygen atoms in total. The minimum Gasteiger partial charge on any atom is -0.376 e. The molecule has 132 valence electrons. The zero-order valence-corrected chi connectivity index (χ0v) is 14.2. The molecule has 1 aromatic carbocycles. The topological polar surface area (TPSA) is 84.7 Å². The summed E-state index contributed by atoms with van der Waals surface area (Å²) in [5.74, 6) is -0.326. The Hall–Kier alpha value is -2.38. The minimum atomic E-state index is -0.359. The Bertz CT molecular complexity index is 729. The lowest BCUT2D eigenvalue weighted by Crippen LogP contribution is -2.42. The summed E-state index contributed by atoms with van der Waals surface area (Å²) in [6.45, 7) is 0.907. The molecule has 0 spiro atoms. The van der Waals surface area contributed by atoms with Crippen molar-refractivity contribution in [2.75, 3.05) is 25.0 Å². The van der Waals surface area contributed by atoms with Gasteiger partial charge in [0, 0.05) is 29.8 Å². The molecule has 1 N–H and O–H groups in total. The molecule has 1 atom stereocenters. The van der Waals surface area contributed by atoms with Gasteiger partial charge in [-0.1, -0.05) is 22.8 Å². The summed E-state index contributed by atoms with van der Waals surface area (Å²) in [6.07, 6.45) is 3.11. The molecule has 1 fully saturated rings. The summed E-state index contributed by atoms with van der Waals surface area (Å²) >= 11 is 5.97. The fraction of sp³-hybridized carbons (Fsp3) is 0.353. The molecule has 1 aliphatic rings. The van der Waals surface area contributed by atoms with Crippen molar-refractivity contribution in [3.8, 4) is 0 Å². The van der Waals surface area contributed by atoms with E-state index in [1.54, 1.807) is 24.3 Å². The smallest absolute Gasteiger partial charge is 0.254 e. The zero-order valence-electron chi connectivity index (χ0n) is 13.5. The number of benzene rings is 1. The van der Waals surface area contributed by atoms with Gasteiger partial charge in [-0.3, -0.25) is 9.59 Å². The Morgan fingerprint density at radius 2 is 2.24 bits per heavy atom. The largest absolute Gasteiger partial charge is 0.376 e. The van der Waals surface area contributed by atoms with E-state index in [9.17, 15) is 9.59 Å². The van der Waals surface area contributed by atoms with Crippen LogP contribution in [0.4, 0.5) is 5.82 Å². The van der Waals surface area contributed by atoms with Gasteiger partial charge in [-0.25, -0.2) is 0 Å². The van der Waals surface area contributed by atoms with E-state index in [0.29, 0.717) is 29.6 Å². The monoisotopic (exact) mass is 363 g/mol. The molecule has 8 heteroatoms. The Kier molecular flexibility index (Phi) is 5.67. The maximum atomic E-state index is 12.8. The molecule has 2 amide bonds. The molecule has 0 bridgehead atoms. The second-order valence-electron chi connectivity index (χ2n) is 5.76. The predicted molar refractivity (Wildman–Crippen MR) is 91.5 cm³/mol. The van der Waals surface area contributed by atoms with Crippen molar-refractivity contribution < 1.29 is 18.8 Å². The molecule has 1 unspecified atom stereocenters. The zero-order chi connectivity index (χ0) is 17.6. The van der Waals surface area contributed by atoms with Gasteiger partial charge >= 0.3 is 0 Å². The van der Waals surface area contributed by atoms with Crippen molar-refractivity contribution in [3.05, 3.63) is 47.2 Å². The van der Waals surface area contributed by atoms with Gasteiger partial charge in [0.1, 0.15) is 12.8 Å². The first-order valence-corrected chi connectivity index (χ1v) is 8.36. The lowest BCUT2D eigenvalue weighted by Gasteiger charge is -2.25. The van der Waals surface area contributed by atoms with E-state index >= 15 is 0 Å². The fourth-order valence-corrected chi connectivity index (χ4v) is 2.88. The average Bonchev–Trinajstić information content (AvgIpc) is 3.27. The quantitative estimate of drug-likeness (QED) is 0.852. The second-order valence-corrected chi connectivity index (χ2v) is 6.20. The average molecular weight is 364 g/mol. The van der Waals surface area contributed by atoms with Gasteiger partial charge in [-0.2, -0.15) is 0 Å². The summed E-state index contributed by atoms with van der Waals surface area (Å²) in [5, 5.41) is 6.69. The van der Waals surface area contributed by atoms with Gasteiger partial charge in [0.2, 0.25) is 5.91 Å². The normalized spacial score (nSPS) is 16.6. The lowest BCUT2D eigenvalue weighted by atomic mass is 10.1. The summed E-state index contributed by atoms with van der Waals surface area (Å²) in [6, 6.07) is 8.19. The molecule has 3 rings (SSSR count). The first kappa shape index (κ1) is 17.4. The number of anilines is 1. The van der Waals surface area contributed by atoms with E-state index in [-0.39, 0.29) is 24.5 Å². The summed E-state index contributed by atoms with van der Waals surface area (Å²) in [4.78, 5) is 26.5. The number of hydrogen-bond donors (Lipinski definition) is 1. The minimum absolute atomic E-state index is 0.0667. The first-order valence-electron chi connectivity index (χ1n) is 7.98. The number of halogens is 1. The van der Waals surface area contributed by atoms with E-state index in [0.717, 1.165) is 12.8 Å². The number of ether oxygens (including phenoxy) is 1. The number of nitrogens with zero attached hydrogens (tertiary/aromatic N) is 2. The van der Waals surface area contributed by atoms with Gasteiger partial charge in [0.25, 0.3) is 5.91 Å². The van der Waals surface area contributed by atoms with Gasteiger partial charge < -0.3 is 19.5 Å². The van der Waals surface area contributed by atoms with Crippen LogP contribution < -0.4 is 5.32 Å². The SMILES string of the molecule is O=C(CN(CC1CCCO1)C(=O)c1cccc(Cl)c1)Nc1ccon1. The van der Waals surface area contributed by atoms with Crippen LogP contribution in [0.2, 0.25) is 5.02 Å². The van der Waals surface area contributed by atoms with E-state index in [1.165, 1.54) is 17.2 Å². The summed E-state index contributed by atoms with van der Waals surface area (Å²) in [7, 11) is 0. The number of hydrogen-bond acceptors (Lipinski definition) is 5. The Morgan fingerprint density at radius 3 is 2.92 bits per heavy atom. The van der Waals surface area contributed by atoms with E-state index < -0.39 is 0 Å². The van der Waals surface area contributed by atoms with Gasteiger partial charge in [0.15, 0.2) is 5.82 Å². The number of nitrogens with one attached hydrogen (secondary N) is 1. The van der Waals surface area contributed by atoms with Crippen LogP contribution in [-0.4, -0.2) is 47.7 Å². The number of aromatic nitrogens is 1. The van der Waals surface area contributed by atoms with Crippen molar-refractivity contribution in [1.29, 1.82) is 0 Å². The number of amides is 2. The molecule has 0 radical (unpaired) electrons. The van der Waals surface area contributed by atoms with Crippen molar-refractivity contribution in [2.45, 2.75) is 18.9 Å². The van der Waals surface area contributed by atoms with Crippen molar-refractivity contribution in [1.82, 2.24) is 10.1 Å². The standard InChI is InChI=1S/C17H18ClN3O4/c18-13-4-1-3-12(9-13)17(23)21(10-14-5-2-7-24-14)11-16(22)19-15-6-8-25-20-15/h1,3-4,6,8-9,14H,2,5,7,10-11H2,(H,19,20,22). The maximum absolute atomic E-state index is 12.8. The lowest BCUT2D eigenvalue weighted by molar-refractivity contribution is -0.117. The molecule has 0 aliphatic carbocycles. The molecule has 0 saturated carbocycles. The van der Waals surface area contributed by atoms with E-state index in [4.69, 9.17) is 16.3 Å². The van der Waals surface area contributed by atoms with Crippen LogP contribution in [0.15, 0.2) is 41.1 Å². The highest BCUT2D eigenvalue weighted by molar-refractivity contribution is 6.31. The Morgan fingerprint density at radius 1 is 1.36 bits per heavy atom. The van der Waals surface area contributed by atoms with Crippen LogP contribution in [0, 0.1) is 0 Å². The maximum Gasteiger partial charge on any atom is 0.254 e. The highest BCUT2D eigenvalue weighted by Gasteiger charge is 2.25. The predicted octanol–water partition coefficient (Wildman–Crippen LogP) is 2.59. The second kappa shape index (κ2) is 8.13. The molecular formula is C17H18ClN3O4. The Balaban J connectivity index is 1.71. The summed E-state index contributed by atoms with van der Waals surface area (Å²) in [5.41, 5.74) is 0.430. The van der Waals surface area contributed by atoms with Crippen molar-refractivity contribution in [2.24, 2.45) is 0 Å². The van der Waals surface area contributed by atoms with Crippen LogP contribution in [-0.2, 0) is 9.53 Å². The van der Waals surface area contributed by atoms with Crippen molar-refractivity contribution >= 4 is 29.2 Å². The third-order valence-corrected chi connectivity index (χ3v) is 4.08. The molecule has 2 heterocycles. The van der Waals surface area contributed by atoms with Gasteiger partial charge in [0.05, 0.1) is 6.10 Å². The van der Waals surface area contributed by atoms with Crippen LogP contribution in [0.5, 0.6) is 0 Å². The molecule has 25 heavy (non-hydrogen) atoms. The molecular weight excluding hydrogens is 346 g/mol. The highest BCUT2D eigenvalue weighted by Crippen LogP contribution is 2.17. The van der Waals surface area contributed by atoms with Crippen LogP contribution in [0.25, 0.3) is 0 Å². The summed E-state index contributed by atoms with van der Waals surface area (Å²) < 4.78 is 10.3. The van der Waals surface area contributed by atoms with Crippen molar-refractivity contribution in [3.63, 3.8) is 0 Å². The van der Waals surface area contributed by atoms with Crippen LogP contribution in [0.3, 0.4) is 0 Å². The van der Waals surface area contributed by atoms with Crippen LogP contribution >= 0.6 is 11.6 Å². The molecule has 2 aromatic rings. The van der Waals surface area contributed by atoms with E-state index in [1.807, 2.05) is 0 Å². The van der Waals surface area contributed by atoms with Gasteiger partial charge in [-0.05, 0) is 31.0 Å². The third kappa shape index (κ3) is 4.80. The Labute approximate surface area is 149 Å². The van der Waals surface area contributed by atoms with Gasteiger partial charge in [-0.15, -0.1) is 0 Å². The number of rotatable bonds is 6.